The van der Waals surface area contributed by atoms with Crippen LogP contribution in [0.4, 0.5) is 15.8 Å². The van der Waals surface area contributed by atoms with Crippen LogP contribution >= 0.6 is 0 Å². The molecule has 1 fully saturated rings. The zero-order chi connectivity index (χ0) is 16.9. The third-order valence-corrected chi connectivity index (χ3v) is 3.82. The molecule has 1 atom stereocenters. The summed E-state index contributed by atoms with van der Waals surface area (Å²) in [6.07, 6.45) is 3.43. The highest BCUT2D eigenvalue weighted by Crippen LogP contribution is 2.21. The fourth-order valence-corrected chi connectivity index (χ4v) is 2.52. The molecule has 126 valence electrons. The second kappa shape index (κ2) is 7.27. The zero-order valence-corrected chi connectivity index (χ0v) is 13.0. The van der Waals surface area contributed by atoms with Crippen molar-refractivity contribution in [3.05, 3.63) is 58.3 Å². The van der Waals surface area contributed by atoms with Crippen molar-refractivity contribution in [1.29, 1.82) is 0 Å². The number of rotatable bonds is 5. The SMILES string of the molecule is O=C(Nc1ccc(NC[C@H]2CCCO2)c(F)c1)c1ccc(=O)[nH]c1. The molecule has 1 amide bonds. The molecule has 24 heavy (non-hydrogen) atoms. The van der Waals surface area contributed by atoms with Crippen LogP contribution in [0.2, 0.25) is 0 Å². The molecule has 1 aliphatic heterocycles. The van der Waals surface area contributed by atoms with E-state index in [9.17, 15) is 14.0 Å². The van der Waals surface area contributed by atoms with Crippen LogP contribution in [0.25, 0.3) is 0 Å². The van der Waals surface area contributed by atoms with Gasteiger partial charge in [-0.25, -0.2) is 4.39 Å². The molecule has 1 saturated heterocycles. The Morgan fingerprint density at radius 2 is 2.21 bits per heavy atom. The van der Waals surface area contributed by atoms with E-state index in [1.807, 2.05) is 0 Å². The number of aromatic nitrogens is 1. The number of hydrogen-bond acceptors (Lipinski definition) is 4. The minimum absolute atomic E-state index is 0.115. The molecule has 2 aromatic rings. The highest BCUT2D eigenvalue weighted by molar-refractivity contribution is 6.04. The first kappa shape index (κ1) is 16.2. The monoisotopic (exact) mass is 331 g/mol. The number of carbonyl (C=O) groups excluding carboxylic acids is 1. The molecule has 0 spiro atoms. The maximum Gasteiger partial charge on any atom is 0.257 e. The van der Waals surface area contributed by atoms with Crippen LogP contribution in [0.15, 0.2) is 41.3 Å². The summed E-state index contributed by atoms with van der Waals surface area (Å²) in [5, 5.41) is 5.61. The van der Waals surface area contributed by atoms with Crippen molar-refractivity contribution in [3.63, 3.8) is 0 Å². The van der Waals surface area contributed by atoms with E-state index in [-0.39, 0.29) is 17.2 Å². The van der Waals surface area contributed by atoms with E-state index in [1.165, 1.54) is 24.4 Å². The number of hydrogen-bond donors (Lipinski definition) is 3. The number of pyridine rings is 1. The van der Waals surface area contributed by atoms with Crippen molar-refractivity contribution >= 4 is 17.3 Å². The molecule has 0 saturated carbocycles. The predicted octanol–water partition coefficient (Wildman–Crippen LogP) is 2.36. The Bertz CT molecular complexity index is 764. The number of nitrogens with one attached hydrogen (secondary N) is 3. The van der Waals surface area contributed by atoms with Crippen molar-refractivity contribution in [2.45, 2.75) is 18.9 Å². The van der Waals surface area contributed by atoms with Crippen LogP contribution < -0.4 is 16.2 Å². The third kappa shape index (κ3) is 3.99. The molecular weight excluding hydrogens is 313 g/mol. The first-order valence-corrected chi connectivity index (χ1v) is 7.77. The van der Waals surface area contributed by atoms with Crippen molar-refractivity contribution in [3.8, 4) is 0 Å². The summed E-state index contributed by atoms with van der Waals surface area (Å²) >= 11 is 0. The number of anilines is 2. The van der Waals surface area contributed by atoms with Gasteiger partial charge in [-0.15, -0.1) is 0 Å². The van der Waals surface area contributed by atoms with Crippen molar-refractivity contribution in [2.75, 3.05) is 23.8 Å². The molecular formula is C17H18FN3O3. The summed E-state index contributed by atoms with van der Waals surface area (Å²) in [5.41, 5.74) is 0.703. The number of benzene rings is 1. The molecule has 2 heterocycles. The molecule has 1 aliphatic rings. The lowest BCUT2D eigenvalue weighted by Crippen LogP contribution is -2.19. The molecule has 0 unspecified atom stereocenters. The van der Waals surface area contributed by atoms with E-state index in [2.05, 4.69) is 15.6 Å². The number of aromatic amines is 1. The Hall–Kier alpha value is -2.67. The van der Waals surface area contributed by atoms with Gasteiger partial charge in [-0.05, 0) is 37.1 Å². The number of H-pyrrole nitrogens is 1. The lowest BCUT2D eigenvalue weighted by atomic mass is 10.2. The molecule has 3 N–H and O–H groups in total. The molecule has 0 bridgehead atoms. The molecule has 0 radical (unpaired) electrons. The van der Waals surface area contributed by atoms with Gasteiger partial charge in [-0.1, -0.05) is 0 Å². The van der Waals surface area contributed by atoms with Gasteiger partial charge < -0.3 is 20.4 Å². The summed E-state index contributed by atoms with van der Waals surface area (Å²) in [7, 11) is 0. The van der Waals surface area contributed by atoms with Crippen LogP contribution in [-0.2, 0) is 4.74 Å². The van der Waals surface area contributed by atoms with Gasteiger partial charge in [0.05, 0.1) is 17.4 Å². The molecule has 3 rings (SSSR count). The van der Waals surface area contributed by atoms with E-state index in [4.69, 9.17) is 4.74 Å². The first-order valence-electron chi connectivity index (χ1n) is 7.77. The van der Waals surface area contributed by atoms with E-state index in [1.54, 1.807) is 12.1 Å². The van der Waals surface area contributed by atoms with Gasteiger partial charge in [0.2, 0.25) is 5.56 Å². The number of carbonyl (C=O) groups is 1. The Morgan fingerprint density at radius 1 is 1.33 bits per heavy atom. The van der Waals surface area contributed by atoms with E-state index in [0.717, 1.165) is 19.4 Å². The van der Waals surface area contributed by atoms with Gasteiger partial charge in [0.1, 0.15) is 5.82 Å². The Balaban J connectivity index is 1.62. The average molecular weight is 331 g/mol. The largest absolute Gasteiger partial charge is 0.380 e. The Morgan fingerprint density at radius 3 is 2.88 bits per heavy atom. The van der Waals surface area contributed by atoms with Crippen LogP contribution in [-0.4, -0.2) is 30.1 Å². The second-order valence-corrected chi connectivity index (χ2v) is 5.61. The lowest BCUT2D eigenvalue weighted by molar-refractivity contribution is 0.102. The molecule has 1 aromatic carbocycles. The van der Waals surface area contributed by atoms with E-state index < -0.39 is 11.7 Å². The predicted molar refractivity (Wildman–Crippen MR) is 88.9 cm³/mol. The molecule has 0 aliphatic carbocycles. The van der Waals surface area contributed by atoms with Crippen molar-refractivity contribution in [1.82, 2.24) is 4.98 Å². The van der Waals surface area contributed by atoms with Crippen LogP contribution in [0.1, 0.15) is 23.2 Å². The topological polar surface area (TPSA) is 83.2 Å². The molecule has 1 aromatic heterocycles. The minimum Gasteiger partial charge on any atom is -0.380 e. The third-order valence-electron chi connectivity index (χ3n) is 3.82. The fraction of sp³-hybridized carbons (Fsp3) is 0.294. The first-order chi connectivity index (χ1) is 11.6. The summed E-state index contributed by atoms with van der Waals surface area (Å²) in [4.78, 5) is 25.4. The van der Waals surface area contributed by atoms with Crippen LogP contribution in [0.5, 0.6) is 0 Å². The highest BCUT2D eigenvalue weighted by Gasteiger charge is 2.16. The Labute approximate surface area is 138 Å². The lowest BCUT2D eigenvalue weighted by Gasteiger charge is -2.13. The van der Waals surface area contributed by atoms with Gasteiger partial charge in [0, 0.05) is 31.1 Å². The maximum absolute atomic E-state index is 14.1. The smallest absolute Gasteiger partial charge is 0.257 e. The van der Waals surface area contributed by atoms with Gasteiger partial charge in [-0.2, -0.15) is 0 Å². The van der Waals surface area contributed by atoms with E-state index >= 15 is 0 Å². The second-order valence-electron chi connectivity index (χ2n) is 5.61. The van der Waals surface area contributed by atoms with Crippen LogP contribution in [0, 0.1) is 5.82 Å². The maximum atomic E-state index is 14.1. The fourth-order valence-electron chi connectivity index (χ4n) is 2.52. The summed E-state index contributed by atoms with van der Waals surface area (Å²) < 4.78 is 19.6. The summed E-state index contributed by atoms with van der Waals surface area (Å²) in [6.45, 7) is 1.31. The number of halogens is 1. The van der Waals surface area contributed by atoms with Crippen LogP contribution in [0.3, 0.4) is 0 Å². The van der Waals surface area contributed by atoms with Gasteiger partial charge >= 0.3 is 0 Å². The summed E-state index contributed by atoms with van der Waals surface area (Å²) in [5.74, 6) is -0.877. The molecule has 6 nitrogen and oxygen atoms in total. The van der Waals surface area contributed by atoms with Gasteiger partial charge in [-0.3, -0.25) is 9.59 Å². The Kier molecular flexibility index (Phi) is 4.90. The highest BCUT2D eigenvalue weighted by atomic mass is 19.1. The summed E-state index contributed by atoms with van der Waals surface area (Å²) in [6, 6.07) is 7.11. The normalized spacial score (nSPS) is 16.8. The number of amides is 1. The molecule has 7 heteroatoms. The zero-order valence-electron chi connectivity index (χ0n) is 13.0. The van der Waals surface area contributed by atoms with E-state index in [0.29, 0.717) is 17.9 Å². The minimum atomic E-state index is -0.452. The van der Waals surface area contributed by atoms with Gasteiger partial charge in [0.15, 0.2) is 0 Å². The van der Waals surface area contributed by atoms with Crippen molar-refractivity contribution in [2.24, 2.45) is 0 Å². The van der Waals surface area contributed by atoms with Crippen molar-refractivity contribution < 1.29 is 13.9 Å². The quantitative estimate of drug-likeness (QED) is 0.785. The number of ether oxygens (including phenoxy) is 1. The average Bonchev–Trinajstić information content (AvgIpc) is 3.08. The standard InChI is InChI=1S/C17H18FN3O3/c18-14-8-12(21-17(23)11-3-6-16(22)20-9-11)4-5-15(14)19-10-13-2-1-7-24-13/h3-6,8-9,13,19H,1-2,7,10H2,(H,20,22)(H,21,23)/t13-/m1/s1. The van der Waals surface area contributed by atoms with Gasteiger partial charge in [0.25, 0.3) is 5.91 Å².